The molecule has 18 heavy (non-hydrogen) atoms. The normalized spacial score (nSPS) is 14.4. The molecule has 2 unspecified atom stereocenters. The SMILES string of the molecule is COC(C)c1nsc(NC(C)c2ccc(C)s2)n1. The Bertz CT molecular complexity index is 509. The largest absolute Gasteiger partial charge is 0.374 e. The predicted octanol–water partition coefficient (Wildman–Crippen LogP) is 3.79. The molecule has 0 radical (unpaired) electrons. The van der Waals surface area contributed by atoms with Gasteiger partial charge >= 0.3 is 0 Å². The van der Waals surface area contributed by atoms with Gasteiger partial charge in [0.15, 0.2) is 5.82 Å². The van der Waals surface area contributed by atoms with Gasteiger partial charge in [-0.25, -0.2) is 4.98 Å². The molecule has 0 bridgehead atoms. The van der Waals surface area contributed by atoms with Gasteiger partial charge in [0.2, 0.25) is 5.13 Å². The lowest BCUT2D eigenvalue weighted by Crippen LogP contribution is -2.05. The summed E-state index contributed by atoms with van der Waals surface area (Å²) in [6.07, 6.45) is -0.0592. The van der Waals surface area contributed by atoms with E-state index in [1.807, 2.05) is 6.92 Å². The number of hydrogen-bond donors (Lipinski definition) is 1. The molecule has 0 aliphatic carbocycles. The zero-order chi connectivity index (χ0) is 13.1. The zero-order valence-electron chi connectivity index (χ0n) is 10.9. The summed E-state index contributed by atoms with van der Waals surface area (Å²) in [5.74, 6) is 0.736. The Labute approximate surface area is 115 Å². The molecule has 0 saturated heterocycles. The molecule has 1 N–H and O–H groups in total. The molecule has 6 heteroatoms. The average Bonchev–Trinajstić information content (AvgIpc) is 2.97. The maximum absolute atomic E-state index is 5.20. The lowest BCUT2D eigenvalue weighted by molar-refractivity contribution is 0.113. The van der Waals surface area contributed by atoms with Crippen molar-refractivity contribution in [2.24, 2.45) is 0 Å². The van der Waals surface area contributed by atoms with Crippen LogP contribution in [0.15, 0.2) is 12.1 Å². The Morgan fingerprint density at radius 2 is 2.11 bits per heavy atom. The van der Waals surface area contributed by atoms with Gasteiger partial charge in [0.05, 0.1) is 6.04 Å². The van der Waals surface area contributed by atoms with E-state index in [2.05, 4.69) is 40.7 Å². The third-order valence-electron chi connectivity index (χ3n) is 2.69. The molecule has 2 heterocycles. The number of thiophene rings is 1. The number of rotatable bonds is 5. The van der Waals surface area contributed by atoms with E-state index in [1.54, 1.807) is 18.4 Å². The Kier molecular flexibility index (Phi) is 4.31. The zero-order valence-corrected chi connectivity index (χ0v) is 12.6. The Hall–Kier alpha value is -0.980. The van der Waals surface area contributed by atoms with Crippen molar-refractivity contribution in [1.29, 1.82) is 0 Å². The maximum atomic E-state index is 5.20. The monoisotopic (exact) mass is 283 g/mol. The van der Waals surface area contributed by atoms with Crippen LogP contribution in [0, 0.1) is 6.92 Å². The van der Waals surface area contributed by atoms with Gasteiger partial charge in [0.1, 0.15) is 6.10 Å². The van der Waals surface area contributed by atoms with Crippen molar-refractivity contribution in [1.82, 2.24) is 9.36 Å². The molecule has 0 fully saturated rings. The van der Waals surface area contributed by atoms with Crippen LogP contribution >= 0.6 is 22.9 Å². The van der Waals surface area contributed by atoms with E-state index in [1.165, 1.54) is 21.3 Å². The first-order chi connectivity index (χ1) is 8.60. The van der Waals surface area contributed by atoms with E-state index in [0.717, 1.165) is 11.0 Å². The van der Waals surface area contributed by atoms with Crippen molar-refractivity contribution in [3.63, 3.8) is 0 Å². The molecule has 0 saturated carbocycles. The van der Waals surface area contributed by atoms with E-state index in [4.69, 9.17) is 4.74 Å². The summed E-state index contributed by atoms with van der Waals surface area (Å²) in [5.41, 5.74) is 0. The second-order valence-electron chi connectivity index (χ2n) is 4.15. The number of hydrogen-bond acceptors (Lipinski definition) is 6. The molecule has 0 spiro atoms. The molecule has 98 valence electrons. The highest BCUT2D eigenvalue weighted by Crippen LogP contribution is 2.27. The molecule has 0 aromatic carbocycles. The number of aromatic nitrogens is 2. The molecule has 0 aliphatic heterocycles. The van der Waals surface area contributed by atoms with Gasteiger partial charge in [-0.2, -0.15) is 4.37 Å². The van der Waals surface area contributed by atoms with E-state index in [9.17, 15) is 0 Å². The van der Waals surface area contributed by atoms with E-state index < -0.39 is 0 Å². The minimum atomic E-state index is -0.0592. The maximum Gasteiger partial charge on any atom is 0.203 e. The lowest BCUT2D eigenvalue weighted by atomic mass is 10.3. The molecule has 2 aromatic heterocycles. The van der Waals surface area contributed by atoms with Crippen LogP contribution in [0.4, 0.5) is 5.13 Å². The number of aryl methyl sites for hydroxylation is 1. The van der Waals surface area contributed by atoms with Crippen LogP contribution in [-0.4, -0.2) is 16.5 Å². The molecule has 2 rings (SSSR count). The predicted molar refractivity (Wildman–Crippen MR) is 76.4 cm³/mol. The molecule has 2 aromatic rings. The number of nitrogens with zero attached hydrogens (tertiary/aromatic N) is 2. The molecule has 0 aliphatic rings. The van der Waals surface area contributed by atoms with Crippen LogP contribution in [0.3, 0.4) is 0 Å². The van der Waals surface area contributed by atoms with Gasteiger partial charge in [0.25, 0.3) is 0 Å². The Morgan fingerprint density at radius 3 is 2.72 bits per heavy atom. The highest BCUT2D eigenvalue weighted by atomic mass is 32.1. The van der Waals surface area contributed by atoms with Gasteiger partial charge in [-0.1, -0.05) is 0 Å². The fourth-order valence-electron chi connectivity index (χ4n) is 1.51. The second kappa shape index (κ2) is 5.77. The topological polar surface area (TPSA) is 47.0 Å². The van der Waals surface area contributed by atoms with Crippen LogP contribution < -0.4 is 5.32 Å². The summed E-state index contributed by atoms with van der Waals surface area (Å²) in [6, 6.07) is 4.54. The first-order valence-corrected chi connectivity index (χ1v) is 7.38. The van der Waals surface area contributed by atoms with Crippen LogP contribution in [0.1, 0.15) is 41.6 Å². The molecule has 4 nitrogen and oxygen atoms in total. The highest BCUT2D eigenvalue weighted by Gasteiger charge is 2.14. The van der Waals surface area contributed by atoms with Crippen molar-refractivity contribution in [3.8, 4) is 0 Å². The molecule has 2 atom stereocenters. The summed E-state index contributed by atoms with van der Waals surface area (Å²) in [6.45, 7) is 6.19. The third-order valence-corrected chi connectivity index (χ3v) is 4.53. The van der Waals surface area contributed by atoms with Crippen molar-refractivity contribution < 1.29 is 4.74 Å². The lowest BCUT2D eigenvalue weighted by Gasteiger charge is -2.10. The molecular weight excluding hydrogens is 266 g/mol. The summed E-state index contributed by atoms with van der Waals surface area (Å²) >= 11 is 3.18. The van der Waals surface area contributed by atoms with Crippen molar-refractivity contribution in [3.05, 3.63) is 27.7 Å². The van der Waals surface area contributed by atoms with Gasteiger partial charge < -0.3 is 10.1 Å². The number of nitrogens with one attached hydrogen (secondary N) is 1. The summed E-state index contributed by atoms with van der Waals surface area (Å²) in [5, 5.41) is 4.21. The molecule has 0 amide bonds. The Balaban J connectivity index is 2.03. The van der Waals surface area contributed by atoms with Crippen LogP contribution in [-0.2, 0) is 4.74 Å². The average molecular weight is 283 g/mol. The van der Waals surface area contributed by atoms with Crippen LogP contribution in [0.25, 0.3) is 0 Å². The van der Waals surface area contributed by atoms with E-state index in [-0.39, 0.29) is 12.1 Å². The van der Waals surface area contributed by atoms with Gasteiger partial charge in [-0.3, -0.25) is 0 Å². The summed E-state index contributed by atoms with van der Waals surface area (Å²) in [7, 11) is 1.66. The standard InChI is InChI=1S/C12H17N3OS2/c1-7-5-6-10(17-7)8(2)13-12-14-11(15-18-12)9(3)16-4/h5-6,8-9H,1-4H3,(H,13,14,15). The van der Waals surface area contributed by atoms with Crippen molar-refractivity contribution in [2.75, 3.05) is 12.4 Å². The third kappa shape index (κ3) is 3.07. The number of ether oxygens (including phenoxy) is 1. The van der Waals surface area contributed by atoms with Crippen molar-refractivity contribution >= 4 is 28.0 Å². The highest BCUT2D eigenvalue weighted by molar-refractivity contribution is 7.12. The number of anilines is 1. The smallest absolute Gasteiger partial charge is 0.203 e. The quantitative estimate of drug-likeness (QED) is 0.907. The van der Waals surface area contributed by atoms with Crippen LogP contribution in [0.2, 0.25) is 0 Å². The number of methoxy groups -OCH3 is 1. The Morgan fingerprint density at radius 1 is 1.33 bits per heavy atom. The molecular formula is C12H17N3OS2. The minimum Gasteiger partial charge on any atom is -0.374 e. The second-order valence-corrected chi connectivity index (χ2v) is 6.22. The first kappa shape index (κ1) is 13.5. The van der Waals surface area contributed by atoms with Crippen molar-refractivity contribution in [2.45, 2.75) is 32.9 Å². The van der Waals surface area contributed by atoms with Gasteiger partial charge in [0, 0.05) is 28.4 Å². The summed E-state index contributed by atoms with van der Waals surface area (Å²) < 4.78 is 9.48. The summed E-state index contributed by atoms with van der Waals surface area (Å²) in [4.78, 5) is 7.06. The minimum absolute atomic E-state index is 0.0592. The van der Waals surface area contributed by atoms with E-state index in [0.29, 0.717) is 0 Å². The van der Waals surface area contributed by atoms with Crippen LogP contribution in [0.5, 0.6) is 0 Å². The fraction of sp³-hybridized carbons (Fsp3) is 0.500. The van der Waals surface area contributed by atoms with Gasteiger partial charge in [-0.15, -0.1) is 11.3 Å². The van der Waals surface area contributed by atoms with Gasteiger partial charge in [-0.05, 0) is 32.9 Å². The van der Waals surface area contributed by atoms with E-state index >= 15 is 0 Å². The first-order valence-electron chi connectivity index (χ1n) is 5.79. The fourth-order valence-corrected chi connectivity index (χ4v) is 3.12.